The van der Waals surface area contributed by atoms with Crippen molar-refractivity contribution in [1.82, 2.24) is 0 Å². The van der Waals surface area contributed by atoms with Crippen LogP contribution < -0.4 is 5.32 Å². The molecule has 2 aromatic rings. The Labute approximate surface area is 129 Å². The van der Waals surface area contributed by atoms with Gasteiger partial charge in [-0.2, -0.15) is 0 Å². The van der Waals surface area contributed by atoms with Crippen LogP contribution >= 0.6 is 39.3 Å². The summed E-state index contributed by atoms with van der Waals surface area (Å²) in [6.45, 7) is 0. The summed E-state index contributed by atoms with van der Waals surface area (Å²) in [7, 11) is 0. The molecule has 98 valence electrons. The van der Waals surface area contributed by atoms with Gasteiger partial charge >= 0.3 is 0 Å². The number of hydrogen-bond donors (Lipinski definition) is 1. The molecule has 0 bridgehead atoms. The number of thioether (sulfide) groups is 1. The van der Waals surface area contributed by atoms with Crippen LogP contribution in [0.1, 0.15) is 0 Å². The number of carbonyl (C=O) groups excluding carboxylic acids is 1. The molecule has 0 spiro atoms. The summed E-state index contributed by atoms with van der Waals surface area (Å²) >= 11 is 10.8. The first-order valence-electron chi connectivity index (χ1n) is 5.58. The average Bonchev–Trinajstić information content (AvgIpc) is 2.40. The average molecular weight is 357 g/mol. The molecular weight excluding hydrogens is 346 g/mol. The lowest BCUT2D eigenvalue weighted by Gasteiger charge is -2.07. The van der Waals surface area contributed by atoms with E-state index in [1.54, 1.807) is 0 Å². The SMILES string of the molecule is O=C(CSc1ccccc1Cl)Nc1ccccc1Br. The van der Waals surface area contributed by atoms with Crippen molar-refractivity contribution in [2.24, 2.45) is 0 Å². The van der Waals surface area contributed by atoms with Gasteiger partial charge in [-0.05, 0) is 40.2 Å². The Kier molecular flexibility index (Phi) is 5.31. The van der Waals surface area contributed by atoms with Crippen molar-refractivity contribution >= 4 is 50.9 Å². The van der Waals surface area contributed by atoms with Gasteiger partial charge in [-0.15, -0.1) is 11.8 Å². The molecule has 0 atom stereocenters. The summed E-state index contributed by atoms with van der Waals surface area (Å²) < 4.78 is 0.867. The van der Waals surface area contributed by atoms with Crippen LogP contribution in [0.15, 0.2) is 57.9 Å². The van der Waals surface area contributed by atoms with Crippen molar-refractivity contribution in [1.29, 1.82) is 0 Å². The normalized spacial score (nSPS) is 10.2. The van der Waals surface area contributed by atoms with Gasteiger partial charge in [0.05, 0.1) is 16.5 Å². The minimum absolute atomic E-state index is 0.0585. The Balaban J connectivity index is 1.92. The first kappa shape index (κ1) is 14.4. The molecule has 5 heteroatoms. The number of hydrogen-bond acceptors (Lipinski definition) is 2. The number of rotatable bonds is 4. The zero-order chi connectivity index (χ0) is 13.7. The lowest BCUT2D eigenvalue weighted by atomic mass is 10.3. The maximum Gasteiger partial charge on any atom is 0.234 e. The van der Waals surface area contributed by atoms with Crippen LogP contribution in [0.4, 0.5) is 5.69 Å². The van der Waals surface area contributed by atoms with Gasteiger partial charge in [0.15, 0.2) is 0 Å². The van der Waals surface area contributed by atoms with E-state index in [1.165, 1.54) is 11.8 Å². The van der Waals surface area contributed by atoms with Gasteiger partial charge in [-0.1, -0.05) is 35.9 Å². The lowest BCUT2D eigenvalue weighted by Crippen LogP contribution is -2.14. The molecule has 2 rings (SSSR count). The summed E-state index contributed by atoms with van der Waals surface area (Å²) in [5.74, 6) is 0.266. The molecule has 1 amide bonds. The molecule has 19 heavy (non-hydrogen) atoms. The molecule has 0 unspecified atom stereocenters. The Hall–Kier alpha value is -0.970. The number of carbonyl (C=O) groups is 1. The van der Waals surface area contributed by atoms with Crippen molar-refractivity contribution < 1.29 is 4.79 Å². The maximum absolute atomic E-state index is 11.9. The fraction of sp³-hybridized carbons (Fsp3) is 0.0714. The van der Waals surface area contributed by atoms with Gasteiger partial charge < -0.3 is 5.32 Å². The van der Waals surface area contributed by atoms with E-state index in [2.05, 4.69) is 21.2 Å². The molecule has 2 aromatic carbocycles. The topological polar surface area (TPSA) is 29.1 Å². The largest absolute Gasteiger partial charge is 0.324 e. The summed E-state index contributed by atoms with van der Waals surface area (Å²) in [4.78, 5) is 12.8. The van der Waals surface area contributed by atoms with Gasteiger partial charge in [-0.25, -0.2) is 0 Å². The fourth-order valence-corrected chi connectivity index (χ4v) is 2.88. The zero-order valence-electron chi connectivity index (χ0n) is 9.90. The van der Waals surface area contributed by atoms with Gasteiger partial charge in [0.25, 0.3) is 0 Å². The van der Waals surface area contributed by atoms with E-state index >= 15 is 0 Å². The van der Waals surface area contributed by atoms with Crippen LogP contribution in [0.5, 0.6) is 0 Å². The van der Waals surface area contributed by atoms with E-state index in [9.17, 15) is 4.79 Å². The van der Waals surface area contributed by atoms with Gasteiger partial charge in [0.2, 0.25) is 5.91 Å². The molecule has 0 aromatic heterocycles. The van der Waals surface area contributed by atoms with E-state index in [1.807, 2.05) is 48.5 Å². The van der Waals surface area contributed by atoms with Gasteiger partial charge in [0, 0.05) is 9.37 Å². The number of nitrogens with one attached hydrogen (secondary N) is 1. The summed E-state index contributed by atoms with van der Waals surface area (Å²) in [5.41, 5.74) is 0.771. The van der Waals surface area contributed by atoms with Gasteiger partial charge in [0.1, 0.15) is 0 Å². The minimum Gasteiger partial charge on any atom is -0.324 e. The predicted molar refractivity (Wildman–Crippen MR) is 84.9 cm³/mol. The number of halogens is 2. The summed E-state index contributed by atoms with van der Waals surface area (Å²) in [5, 5.41) is 3.52. The van der Waals surface area contributed by atoms with Crippen LogP contribution in [-0.4, -0.2) is 11.7 Å². The predicted octanol–water partition coefficient (Wildman–Crippen LogP) is 4.83. The third-order valence-electron chi connectivity index (χ3n) is 2.34. The van der Waals surface area contributed by atoms with E-state index in [0.717, 1.165) is 15.1 Å². The van der Waals surface area contributed by atoms with Crippen LogP contribution in [0.2, 0.25) is 5.02 Å². The van der Waals surface area contributed by atoms with E-state index < -0.39 is 0 Å². The summed E-state index contributed by atoms with van der Waals surface area (Å²) in [6, 6.07) is 15.0. The Morgan fingerprint density at radius 2 is 1.84 bits per heavy atom. The van der Waals surface area contributed by atoms with E-state index in [4.69, 9.17) is 11.6 Å². The number of anilines is 1. The van der Waals surface area contributed by atoms with E-state index in [0.29, 0.717) is 10.8 Å². The zero-order valence-corrected chi connectivity index (χ0v) is 13.1. The third kappa shape index (κ3) is 4.27. The van der Waals surface area contributed by atoms with Crippen LogP contribution in [0.3, 0.4) is 0 Å². The van der Waals surface area contributed by atoms with Crippen LogP contribution in [0.25, 0.3) is 0 Å². The molecule has 1 N–H and O–H groups in total. The van der Waals surface area contributed by atoms with Crippen LogP contribution in [-0.2, 0) is 4.79 Å². The molecule has 0 saturated carbocycles. The Bertz CT molecular complexity index is 591. The molecule has 0 aliphatic carbocycles. The first-order chi connectivity index (χ1) is 9.16. The van der Waals surface area contributed by atoms with E-state index in [-0.39, 0.29) is 5.91 Å². The molecule has 0 aliphatic heterocycles. The molecule has 0 saturated heterocycles. The lowest BCUT2D eigenvalue weighted by molar-refractivity contribution is -0.113. The van der Waals surface area contributed by atoms with Crippen molar-refractivity contribution in [3.8, 4) is 0 Å². The molecular formula is C14H11BrClNOS. The minimum atomic E-state index is -0.0585. The molecule has 0 fully saturated rings. The number of amides is 1. The second-order valence-electron chi connectivity index (χ2n) is 3.75. The Morgan fingerprint density at radius 3 is 2.58 bits per heavy atom. The highest BCUT2D eigenvalue weighted by atomic mass is 79.9. The second kappa shape index (κ2) is 6.98. The maximum atomic E-state index is 11.9. The molecule has 0 aliphatic rings. The number of benzene rings is 2. The van der Waals surface area contributed by atoms with Crippen LogP contribution in [0, 0.1) is 0 Å². The quantitative estimate of drug-likeness (QED) is 0.795. The van der Waals surface area contributed by atoms with Gasteiger partial charge in [-0.3, -0.25) is 4.79 Å². The highest BCUT2D eigenvalue weighted by Gasteiger charge is 2.07. The van der Waals surface area contributed by atoms with Crippen molar-refractivity contribution in [3.63, 3.8) is 0 Å². The fourth-order valence-electron chi connectivity index (χ4n) is 1.45. The number of para-hydroxylation sites is 1. The van der Waals surface area contributed by atoms with Crippen molar-refractivity contribution in [3.05, 3.63) is 58.0 Å². The smallest absolute Gasteiger partial charge is 0.234 e. The second-order valence-corrected chi connectivity index (χ2v) is 6.03. The third-order valence-corrected chi connectivity index (χ3v) is 4.55. The molecule has 0 heterocycles. The van der Waals surface area contributed by atoms with Crippen molar-refractivity contribution in [2.45, 2.75) is 4.90 Å². The van der Waals surface area contributed by atoms with Crippen molar-refractivity contribution in [2.75, 3.05) is 11.1 Å². The highest BCUT2D eigenvalue weighted by Crippen LogP contribution is 2.27. The molecule has 2 nitrogen and oxygen atoms in total. The standard InChI is InChI=1S/C14H11BrClNOS/c15-10-5-1-3-7-12(10)17-14(18)9-19-13-8-4-2-6-11(13)16/h1-8H,9H2,(H,17,18). The molecule has 0 radical (unpaired) electrons. The Morgan fingerprint density at radius 1 is 1.16 bits per heavy atom. The monoisotopic (exact) mass is 355 g/mol. The first-order valence-corrected chi connectivity index (χ1v) is 7.74. The highest BCUT2D eigenvalue weighted by molar-refractivity contribution is 9.10. The summed E-state index contributed by atoms with van der Waals surface area (Å²) in [6.07, 6.45) is 0.